The molecule has 26 heavy (non-hydrogen) atoms. The number of pyridine rings is 1. The highest BCUT2D eigenvalue weighted by molar-refractivity contribution is 5.79. The topological polar surface area (TPSA) is 22.0 Å². The maximum absolute atomic E-state index is 12.3. The Balaban J connectivity index is 1.64. The molecule has 2 nitrogen and oxygen atoms in total. The van der Waals surface area contributed by atoms with Crippen molar-refractivity contribution in [3.8, 4) is 0 Å². The fourth-order valence-corrected chi connectivity index (χ4v) is 3.54. The molecule has 0 saturated carbocycles. The second kappa shape index (κ2) is 11.7. The lowest BCUT2D eigenvalue weighted by Crippen LogP contribution is -2.11. The molecule has 0 amide bonds. The maximum Gasteiger partial charge on any atom is 0.189 e. The van der Waals surface area contributed by atoms with Crippen molar-refractivity contribution in [3.63, 3.8) is 0 Å². The van der Waals surface area contributed by atoms with Crippen LogP contribution in [0.5, 0.6) is 0 Å². The summed E-state index contributed by atoms with van der Waals surface area (Å²) in [6.45, 7) is 2.25. The van der Waals surface area contributed by atoms with Gasteiger partial charge in [-0.1, -0.05) is 63.3 Å². The Morgan fingerprint density at radius 3 is 2.31 bits per heavy atom. The van der Waals surface area contributed by atoms with Crippen LogP contribution in [0.4, 0.5) is 0 Å². The summed E-state index contributed by atoms with van der Waals surface area (Å²) in [5, 5.41) is 0.821. The van der Waals surface area contributed by atoms with Gasteiger partial charge in [0, 0.05) is 24.2 Å². The lowest BCUT2D eigenvalue weighted by atomic mass is 10.1. The Morgan fingerprint density at radius 2 is 1.54 bits per heavy atom. The highest BCUT2D eigenvalue weighted by Gasteiger charge is 2.05. The van der Waals surface area contributed by atoms with Gasteiger partial charge in [-0.3, -0.25) is 4.79 Å². The summed E-state index contributed by atoms with van der Waals surface area (Å²) < 4.78 is 2.18. The van der Waals surface area contributed by atoms with Gasteiger partial charge in [0.1, 0.15) is 0 Å². The van der Waals surface area contributed by atoms with Crippen molar-refractivity contribution in [2.45, 2.75) is 77.6 Å². The van der Waals surface area contributed by atoms with E-state index in [0.717, 1.165) is 23.0 Å². The number of unbranched alkanes of at least 4 members (excludes halogenated alkanes) is 8. The van der Waals surface area contributed by atoms with E-state index in [1.165, 1.54) is 64.2 Å². The summed E-state index contributed by atoms with van der Waals surface area (Å²) in [4.78, 5) is 12.3. The van der Waals surface area contributed by atoms with Crippen molar-refractivity contribution < 1.29 is 0 Å². The fraction of sp³-hybridized carbons (Fsp3) is 0.542. The molecule has 0 saturated heterocycles. The summed E-state index contributed by atoms with van der Waals surface area (Å²) in [6.07, 6.45) is 18.5. The number of allylic oxidation sites excluding steroid dienone is 2. The van der Waals surface area contributed by atoms with Crippen LogP contribution in [0.3, 0.4) is 0 Å². The normalized spacial score (nSPS) is 11.6. The molecule has 0 bridgehead atoms. The van der Waals surface area contributed by atoms with Gasteiger partial charge in [0.15, 0.2) is 5.43 Å². The molecule has 0 unspecified atom stereocenters. The average Bonchev–Trinajstić information content (AvgIpc) is 2.66. The standard InChI is InChI=1S/C24H35NO/c1-3-4-5-6-7-8-9-10-11-12-13-14-17-21-20-24(26)22-18-15-16-19-23(22)25(21)2/h7-8,15-16,18-20H,3-6,9-14,17H2,1-2H3. The summed E-state index contributed by atoms with van der Waals surface area (Å²) in [6, 6.07) is 9.72. The van der Waals surface area contributed by atoms with Crippen molar-refractivity contribution in [2.75, 3.05) is 0 Å². The molecule has 1 aromatic heterocycles. The van der Waals surface area contributed by atoms with Gasteiger partial charge in [-0.25, -0.2) is 0 Å². The van der Waals surface area contributed by atoms with Crippen LogP contribution in [0.1, 0.15) is 76.8 Å². The van der Waals surface area contributed by atoms with E-state index in [4.69, 9.17) is 0 Å². The number of rotatable bonds is 12. The molecule has 142 valence electrons. The number of benzene rings is 1. The fourth-order valence-electron chi connectivity index (χ4n) is 3.54. The monoisotopic (exact) mass is 353 g/mol. The molecule has 0 N–H and O–H groups in total. The first-order valence-corrected chi connectivity index (χ1v) is 10.5. The molecule has 0 radical (unpaired) electrons. The zero-order valence-corrected chi connectivity index (χ0v) is 16.7. The van der Waals surface area contributed by atoms with E-state index in [2.05, 4.69) is 30.7 Å². The molecule has 1 heterocycles. The molecular formula is C24H35NO. The van der Waals surface area contributed by atoms with E-state index < -0.39 is 0 Å². The van der Waals surface area contributed by atoms with Gasteiger partial charge in [-0.2, -0.15) is 0 Å². The molecule has 0 aliphatic rings. The van der Waals surface area contributed by atoms with Crippen molar-refractivity contribution in [3.05, 3.63) is 58.4 Å². The first-order valence-electron chi connectivity index (χ1n) is 10.5. The third kappa shape index (κ3) is 6.48. The number of nitrogens with zero attached hydrogens (tertiary/aromatic N) is 1. The second-order valence-corrected chi connectivity index (χ2v) is 7.35. The largest absolute Gasteiger partial charge is 0.347 e. The zero-order chi connectivity index (χ0) is 18.6. The van der Waals surface area contributed by atoms with Crippen LogP contribution in [0, 0.1) is 0 Å². The Bertz CT molecular complexity index is 741. The van der Waals surface area contributed by atoms with E-state index in [1.807, 2.05) is 30.3 Å². The highest BCUT2D eigenvalue weighted by Crippen LogP contribution is 2.14. The van der Waals surface area contributed by atoms with Crippen molar-refractivity contribution in [1.82, 2.24) is 4.57 Å². The van der Waals surface area contributed by atoms with E-state index in [9.17, 15) is 4.79 Å². The SMILES string of the molecule is CCCCCC=CCCCCCCCc1cc(=O)c2ccccc2n1C. The number of hydrogen-bond donors (Lipinski definition) is 0. The van der Waals surface area contributed by atoms with Crippen LogP contribution in [0.15, 0.2) is 47.3 Å². The Morgan fingerprint density at radius 1 is 0.885 bits per heavy atom. The van der Waals surface area contributed by atoms with Crippen LogP contribution in [0.25, 0.3) is 10.9 Å². The third-order valence-electron chi connectivity index (χ3n) is 5.20. The second-order valence-electron chi connectivity index (χ2n) is 7.35. The number of hydrogen-bond acceptors (Lipinski definition) is 1. The van der Waals surface area contributed by atoms with Gasteiger partial charge in [0.2, 0.25) is 0 Å². The molecule has 2 aromatic rings. The summed E-state index contributed by atoms with van der Waals surface area (Å²) in [7, 11) is 2.07. The quantitative estimate of drug-likeness (QED) is 0.313. The first kappa shape index (κ1) is 20.5. The van der Waals surface area contributed by atoms with Crippen molar-refractivity contribution in [1.29, 1.82) is 0 Å². The highest BCUT2D eigenvalue weighted by atomic mass is 16.1. The number of aryl methyl sites for hydroxylation is 2. The average molecular weight is 354 g/mol. The molecular weight excluding hydrogens is 318 g/mol. The van der Waals surface area contributed by atoms with E-state index in [-0.39, 0.29) is 5.43 Å². The summed E-state index contributed by atoms with van der Waals surface area (Å²) >= 11 is 0. The van der Waals surface area contributed by atoms with Gasteiger partial charge < -0.3 is 4.57 Å². The van der Waals surface area contributed by atoms with E-state index in [1.54, 1.807) is 0 Å². The first-order chi connectivity index (χ1) is 12.7. The molecule has 0 aliphatic carbocycles. The lowest BCUT2D eigenvalue weighted by Gasteiger charge is -2.12. The van der Waals surface area contributed by atoms with Crippen molar-refractivity contribution in [2.24, 2.45) is 7.05 Å². The number of fused-ring (bicyclic) bond motifs is 1. The van der Waals surface area contributed by atoms with E-state index >= 15 is 0 Å². The van der Waals surface area contributed by atoms with Gasteiger partial charge >= 0.3 is 0 Å². The third-order valence-corrected chi connectivity index (χ3v) is 5.20. The number of para-hydroxylation sites is 1. The van der Waals surface area contributed by atoms with Gasteiger partial charge in [0.25, 0.3) is 0 Å². The molecule has 0 fully saturated rings. The van der Waals surface area contributed by atoms with Gasteiger partial charge in [0.05, 0.1) is 5.52 Å². The van der Waals surface area contributed by atoms with Crippen LogP contribution in [-0.2, 0) is 13.5 Å². The molecule has 2 heteroatoms. The van der Waals surface area contributed by atoms with Crippen LogP contribution in [0.2, 0.25) is 0 Å². The Hall–Kier alpha value is -1.83. The molecule has 0 atom stereocenters. The Labute approximate surface area is 158 Å². The summed E-state index contributed by atoms with van der Waals surface area (Å²) in [5.41, 5.74) is 2.35. The minimum atomic E-state index is 0.152. The minimum absolute atomic E-state index is 0.152. The number of aromatic nitrogens is 1. The molecule has 0 spiro atoms. The predicted octanol–water partition coefficient (Wildman–Crippen LogP) is 6.56. The maximum atomic E-state index is 12.3. The van der Waals surface area contributed by atoms with Crippen LogP contribution in [-0.4, -0.2) is 4.57 Å². The Kier molecular flexibility index (Phi) is 9.23. The zero-order valence-electron chi connectivity index (χ0n) is 16.7. The van der Waals surface area contributed by atoms with E-state index in [0.29, 0.717) is 0 Å². The summed E-state index contributed by atoms with van der Waals surface area (Å²) in [5.74, 6) is 0. The molecule has 1 aromatic carbocycles. The lowest BCUT2D eigenvalue weighted by molar-refractivity contribution is 0.608. The van der Waals surface area contributed by atoms with Gasteiger partial charge in [-0.05, 0) is 50.7 Å². The smallest absolute Gasteiger partial charge is 0.189 e. The van der Waals surface area contributed by atoms with Gasteiger partial charge in [-0.15, -0.1) is 0 Å². The predicted molar refractivity (Wildman–Crippen MR) is 114 cm³/mol. The van der Waals surface area contributed by atoms with Crippen LogP contribution >= 0.6 is 0 Å². The van der Waals surface area contributed by atoms with Crippen molar-refractivity contribution >= 4 is 10.9 Å². The minimum Gasteiger partial charge on any atom is -0.347 e. The molecule has 0 aliphatic heterocycles. The molecule has 2 rings (SSSR count). The van der Waals surface area contributed by atoms with Crippen LogP contribution < -0.4 is 5.43 Å².